The van der Waals surface area contributed by atoms with E-state index in [2.05, 4.69) is 16.5 Å². The lowest BCUT2D eigenvalue weighted by molar-refractivity contribution is 0.0296. The predicted octanol–water partition coefficient (Wildman–Crippen LogP) is 3.64. The van der Waals surface area contributed by atoms with Gasteiger partial charge in [0.25, 0.3) is 0 Å². The topological polar surface area (TPSA) is 61.0 Å². The Kier molecular flexibility index (Phi) is 3.36. The van der Waals surface area contributed by atoms with Gasteiger partial charge in [0.1, 0.15) is 11.8 Å². The number of pyridine rings is 2. The molecule has 0 spiro atoms. The summed E-state index contributed by atoms with van der Waals surface area (Å²) in [4.78, 5) is 8.78. The number of hydrogen-bond donors (Lipinski definition) is 1. The predicted molar refractivity (Wildman–Crippen MR) is 86.2 cm³/mol. The number of nitrogens with zero attached hydrogens (tertiary/aromatic N) is 2. The van der Waals surface area contributed by atoms with Crippen molar-refractivity contribution < 1.29 is 9.13 Å². The van der Waals surface area contributed by atoms with Crippen molar-refractivity contribution in [1.29, 1.82) is 0 Å². The fourth-order valence-corrected chi connectivity index (χ4v) is 3.49. The largest absolute Gasteiger partial charge is 0.397 e. The van der Waals surface area contributed by atoms with E-state index in [0.717, 1.165) is 24.1 Å². The molecule has 0 amide bonds. The zero-order valence-electron chi connectivity index (χ0n) is 12.4. The Morgan fingerprint density at radius 3 is 2.96 bits per heavy atom. The van der Waals surface area contributed by atoms with Crippen molar-refractivity contribution >= 4 is 17.3 Å². The molecule has 118 valence electrons. The van der Waals surface area contributed by atoms with Gasteiger partial charge < -0.3 is 10.5 Å². The molecule has 0 radical (unpaired) electrons. The highest BCUT2D eigenvalue weighted by atomic mass is 35.5. The normalized spacial score (nSPS) is 22.0. The third-order valence-electron chi connectivity index (χ3n) is 4.39. The lowest BCUT2D eigenvalue weighted by Gasteiger charge is -2.26. The van der Waals surface area contributed by atoms with Gasteiger partial charge in [-0.15, -0.1) is 0 Å². The number of aromatic nitrogens is 2. The van der Waals surface area contributed by atoms with Crippen LogP contribution in [0.15, 0.2) is 24.9 Å². The van der Waals surface area contributed by atoms with Crippen LogP contribution in [0, 0.1) is 5.82 Å². The van der Waals surface area contributed by atoms with Gasteiger partial charge in [0, 0.05) is 18.2 Å². The molecule has 0 saturated carbocycles. The molecule has 2 aliphatic rings. The van der Waals surface area contributed by atoms with Gasteiger partial charge in [-0.2, -0.15) is 0 Å². The SMILES string of the molecule is C=C(N)c1cc(-c2ncc(Cl)cc2F)c2c(n1)[C@@H]1CC[C@H](C2)O1. The third kappa shape index (κ3) is 2.40. The minimum atomic E-state index is -0.460. The van der Waals surface area contributed by atoms with E-state index in [1.807, 2.05) is 0 Å². The van der Waals surface area contributed by atoms with E-state index in [1.54, 1.807) is 6.07 Å². The van der Waals surface area contributed by atoms with Crippen LogP contribution in [0.25, 0.3) is 17.0 Å². The van der Waals surface area contributed by atoms with Gasteiger partial charge in [-0.25, -0.2) is 9.37 Å². The Balaban J connectivity index is 1.97. The standard InChI is InChI=1S/C17H15ClFN3O/c1-8(20)14-6-12(16-13(19)4-9(18)7-21-16)11-5-10-2-3-15(23-10)17(11)22-14/h4,6-7,10,15H,1-3,5,20H2/t10-,15+/m1/s1. The molecule has 23 heavy (non-hydrogen) atoms. The third-order valence-corrected chi connectivity index (χ3v) is 4.60. The van der Waals surface area contributed by atoms with Crippen LogP contribution in [0.5, 0.6) is 0 Å². The maximum absolute atomic E-state index is 14.4. The molecular formula is C17H15ClFN3O. The Morgan fingerprint density at radius 2 is 2.22 bits per heavy atom. The highest BCUT2D eigenvalue weighted by molar-refractivity contribution is 6.30. The molecule has 2 aromatic heterocycles. The molecule has 2 aromatic rings. The average Bonchev–Trinajstić information content (AvgIpc) is 2.89. The Labute approximate surface area is 138 Å². The van der Waals surface area contributed by atoms with Crippen LogP contribution in [-0.2, 0) is 11.2 Å². The number of nitrogens with two attached hydrogens (primary N) is 1. The summed E-state index contributed by atoms with van der Waals surface area (Å²) >= 11 is 5.82. The van der Waals surface area contributed by atoms with Gasteiger partial charge in [-0.3, -0.25) is 4.98 Å². The van der Waals surface area contributed by atoms with E-state index in [-0.39, 0.29) is 22.9 Å². The molecule has 4 nitrogen and oxygen atoms in total. The van der Waals surface area contributed by atoms with Crippen LogP contribution in [0.3, 0.4) is 0 Å². The summed E-state index contributed by atoms with van der Waals surface area (Å²) in [5.41, 5.74) is 9.47. The van der Waals surface area contributed by atoms with Crippen LogP contribution >= 0.6 is 11.6 Å². The van der Waals surface area contributed by atoms with Gasteiger partial charge >= 0.3 is 0 Å². The highest BCUT2D eigenvalue weighted by Gasteiger charge is 2.37. The second-order valence-corrected chi connectivity index (χ2v) is 6.39. The zero-order valence-corrected chi connectivity index (χ0v) is 13.1. The maximum atomic E-state index is 14.4. The molecule has 2 atom stereocenters. The molecule has 2 aliphatic heterocycles. The lowest BCUT2D eigenvalue weighted by Crippen LogP contribution is -2.21. The zero-order chi connectivity index (χ0) is 16.1. The van der Waals surface area contributed by atoms with Gasteiger partial charge in [0.2, 0.25) is 0 Å². The van der Waals surface area contributed by atoms with E-state index in [9.17, 15) is 4.39 Å². The summed E-state index contributed by atoms with van der Waals surface area (Å²) in [5.74, 6) is -0.460. The van der Waals surface area contributed by atoms with Crippen LogP contribution < -0.4 is 5.73 Å². The summed E-state index contributed by atoms with van der Waals surface area (Å²) in [6, 6.07) is 3.02. The molecule has 6 heteroatoms. The summed E-state index contributed by atoms with van der Waals surface area (Å²) in [6.07, 6.45) is 4.15. The molecule has 0 aromatic carbocycles. The van der Waals surface area contributed by atoms with Crippen LogP contribution in [-0.4, -0.2) is 16.1 Å². The lowest BCUT2D eigenvalue weighted by atomic mass is 9.94. The van der Waals surface area contributed by atoms with Gasteiger partial charge in [-0.05, 0) is 30.5 Å². The number of ether oxygens (including phenoxy) is 1. The molecule has 4 heterocycles. The molecule has 1 fully saturated rings. The van der Waals surface area contributed by atoms with E-state index < -0.39 is 5.82 Å². The summed E-state index contributed by atoms with van der Waals surface area (Å²) in [5, 5.41) is 0.265. The van der Waals surface area contributed by atoms with Crippen LogP contribution in [0.2, 0.25) is 5.02 Å². The van der Waals surface area contributed by atoms with Crippen LogP contribution in [0.1, 0.15) is 35.9 Å². The molecule has 2 bridgehead atoms. The van der Waals surface area contributed by atoms with E-state index in [0.29, 0.717) is 23.4 Å². The molecular weight excluding hydrogens is 317 g/mol. The Bertz CT molecular complexity index is 824. The van der Waals surface area contributed by atoms with E-state index >= 15 is 0 Å². The van der Waals surface area contributed by atoms with Gasteiger partial charge in [0.15, 0.2) is 5.82 Å². The number of fused-ring (bicyclic) bond motifs is 4. The second-order valence-electron chi connectivity index (χ2n) is 5.96. The average molecular weight is 332 g/mol. The van der Waals surface area contributed by atoms with Gasteiger partial charge in [-0.1, -0.05) is 18.2 Å². The fraction of sp³-hybridized carbons (Fsp3) is 0.294. The number of rotatable bonds is 2. The first kappa shape index (κ1) is 14.6. The van der Waals surface area contributed by atoms with Crippen molar-refractivity contribution in [2.24, 2.45) is 5.73 Å². The van der Waals surface area contributed by atoms with Crippen molar-refractivity contribution in [3.05, 3.63) is 52.7 Å². The molecule has 4 rings (SSSR count). The summed E-state index contributed by atoms with van der Waals surface area (Å²) in [6.45, 7) is 3.75. The smallest absolute Gasteiger partial charge is 0.150 e. The first-order valence-corrected chi connectivity index (χ1v) is 7.86. The quantitative estimate of drug-likeness (QED) is 0.912. The minimum Gasteiger partial charge on any atom is -0.397 e. The minimum absolute atomic E-state index is 0.0582. The summed E-state index contributed by atoms with van der Waals surface area (Å²) in [7, 11) is 0. The first-order chi connectivity index (χ1) is 11.0. The molecule has 0 aliphatic carbocycles. The Hall–Kier alpha value is -1.98. The van der Waals surface area contributed by atoms with Crippen molar-refractivity contribution in [2.45, 2.75) is 31.5 Å². The Morgan fingerprint density at radius 1 is 1.39 bits per heavy atom. The molecule has 1 saturated heterocycles. The highest BCUT2D eigenvalue weighted by Crippen LogP contribution is 2.44. The van der Waals surface area contributed by atoms with E-state index in [4.69, 9.17) is 22.1 Å². The first-order valence-electron chi connectivity index (χ1n) is 7.48. The monoisotopic (exact) mass is 331 g/mol. The summed E-state index contributed by atoms with van der Waals surface area (Å²) < 4.78 is 20.3. The van der Waals surface area contributed by atoms with E-state index in [1.165, 1.54) is 12.3 Å². The second kappa shape index (κ2) is 5.28. The van der Waals surface area contributed by atoms with Crippen LogP contribution in [0.4, 0.5) is 4.39 Å². The van der Waals surface area contributed by atoms with Gasteiger partial charge in [0.05, 0.1) is 28.2 Å². The van der Waals surface area contributed by atoms with Crippen molar-refractivity contribution in [1.82, 2.24) is 9.97 Å². The molecule has 0 unspecified atom stereocenters. The number of hydrogen-bond acceptors (Lipinski definition) is 4. The fourth-order valence-electron chi connectivity index (χ4n) is 3.35. The maximum Gasteiger partial charge on any atom is 0.150 e. The molecule has 2 N–H and O–H groups in total. The van der Waals surface area contributed by atoms with Crippen molar-refractivity contribution in [2.75, 3.05) is 0 Å². The van der Waals surface area contributed by atoms with Crippen molar-refractivity contribution in [3.63, 3.8) is 0 Å². The number of halogens is 2. The van der Waals surface area contributed by atoms with Crippen molar-refractivity contribution in [3.8, 4) is 11.3 Å².